The maximum absolute atomic E-state index is 2.38. The van der Waals surface area contributed by atoms with Gasteiger partial charge in [-0.05, 0) is 93.0 Å². The summed E-state index contributed by atoms with van der Waals surface area (Å²) in [6.45, 7) is 0. The van der Waals surface area contributed by atoms with Gasteiger partial charge in [-0.1, -0.05) is 152 Å². The molecule has 9 rings (SSSR count). The van der Waals surface area contributed by atoms with Crippen molar-refractivity contribution in [3.8, 4) is 44.5 Å². The van der Waals surface area contributed by atoms with E-state index in [4.69, 9.17) is 0 Å². The van der Waals surface area contributed by atoms with Crippen LogP contribution in [0.15, 0.2) is 200 Å². The van der Waals surface area contributed by atoms with E-state index >= 15 is 0 Å². The van der Waals surface area contributed by atoms with Gasteiger partial charge in [-0.2, -0.15) is 0 Å². The van der Waals surface area contributed by atoms with E-state index in [2.05, 4.69) is 205 Å². The van der Waals surface area contributed by atoms with Crippen LogP contribution in [0.3, 0.4) is 0 Å². The van der Waals surface area contributed by atoms with Crippen molar-refractivity contribution in [2.75, 3.05) is 4.90 Å². The Kier molecular flexibility index (Phi) is 7.77. The van der Waals surface area contributed by atoms with Gasteiger partial charge in [-0.15, -0.1) is 11.3 Å². The standard InChI is InChI=1S/C48H33NS/c1-3-13-34(14-4-1)37-17-9-18-38(31-37)36-27-29-41(30-28-36)49(42-21-10-19-39(32-42)35-15-5-2-6-16-35)43-22-11-20-40(33-43)44-24-12-25-46-45-23-7-8-26-47(45)50-48(44)46/h1-33H. The van der Waals surface area contributed by atoms with E-state index < -0.39 is 0 Å². The largest absolute Gasteiger partial charge is 0.310 e. The molecule has 0 atom stereocenters. The molecule has 0 aliphatic heterocycles. The van der Waals surface area contributed by atoms with Crippen molar-refractivity contribution < 1.29 is 0 Å². The third-order valence-corrected chi connectivity index (χ3v) is 10.7. The van der Waals surface area contributed by atoms with Crippen LogP contribution < -0.4 is 4.90 Å². The molecule has 0 amide bonds. The van der Waals surface area contributed by atoms with E-state index in [9.17, 15) is 0 Å². The lowest BCUT2D eigenvalue weighted by atomic mass is 9.98. The molecule has 0 bridgehead atoms. The lowest BCUT2D eigenvalue weighted by molar-refractivity contribution is 1.28. The Labute approximate surface area is 297 Å². The van der Waals surface area contributed by atoms with Crippen molar-refractivity contribution in [1.82, 2.24) is 0 Å². The van der Waals surface area contributed by atoms with Crippen LogP contribution in [0, 0.1) is 0 Å². The highest BCUT2D eigenvalue weighted by molar-refractivity contribution is 7.26. The van der Waals surface area contributed by atoms with E-state index in [-0.39, 0.29) is 0 Å². The molecular formula is C48H33NS. The molecule has 0 spiro atoms. The molecule has 0 fully saturated rings. The van der Waals surface area contributed by atoms with Gasteiger partial charge in [0.05, 0.1) is 0 Å². The summed E-state index contributed by atoms with van der Waals surface area (Å²) in [7, 11) is 0. The molecule has 8 aromatic carbocycles. The number of hydrogen-bond donors (Lipinski definition) is 0. The Bertz CT molecular complexity index is 2580. The van der Waals surface area contributed by atoms with Gasteiger partial charge in [0.15, 0.2) is 0 Å². The van der Waals surface area contributed by atoms with E-state index in [0.717, 1.165) is 17.1 Å². The smallest absolute Gasteiger partial charge is 0.0467 e. The number of nitrogens with zero attached hydrogens (tertiary/aromatic N) is 1. The minimum atomic E-state index is 1.11. The van der Waals surface area contributed by atoms with Gasteiger partial charge in [0.2, 0.25) is 0 Å². The van der Waals surface area contributed by atoms with Crippen molar-refractivity contribution >= 4 is 48.6 Å². The van der Waals surface area contributed by atoms with Crippen molar-refractivity contribution in [3.63, 3.8) is 0 Å². The van der Waals surface area contributed by atoms with Crippen molar-refractivity contribution in [2.24, 2.45) is 0 Å². The molecule has 0 aliphatic rings. The van der Waals surface area contributed by atoms with Crippen LogP contribution in [0.1, 0.15) is 0 Å². The molecule has 1 heterocycles. The molecule has 0 saturated carbocycles. The van der Waals surface area contributed by atoms with Gasteiger partial charge in [0.1, 0.15) is 0 Å². The van der Waals surface area contributed by atoms with Gasteiger partial charge in [0.25, 0.3) is 0 Å². The minimum Gasteiger partial charge on any atom is -0.310 e. The Hall–Kier alpha value is -6.22. The van der Waals surface area contributed by atoms with Crippen LogP contribution in [-0.4, -0.2) is 0 Å². The van der Waals surface area contributed by atoms with Crippen LogP contribution in [0.25, 0.3) is 64.7 Å². The lowest BCUT2D eigenvalue weighted by Gasteiger charge is -2.27. The summed E-state index contributed by atoms with van der Waals surface area (Å²) in [5.41, 5.74) is 13.0. The first kappa shape index (κ1) is 29.9. The van der Waals surface area contributed by atoms with Crippen molar-refractivity contribution in [2.45, 2.75) is 0 Å². The Morgan fingerprint density at radius 2 is 0.780 bits per heavy atom. The van der Waals surface area contributed by atoms with Crippen LogP contribution >= 0.6 is 11.3 Å². The SMILES string of the molecule is c1ccc(-c2cccc(-c3ccc(N(c4cccc(-c5ccccc5)c4)c4cccc(-c5cccc6c5sc5ccccc56)c4)cc3)c2)cc1. The van der Waals surface area contributed by atoms with Gasteiger partial charge in [0, 0.05) is 37.2 Å². The molecule has 2 heteroatoms. The van der Waals surface area contributed by atoms with E-state index in [0.29, 0.717) is 0 Å². The number of benzene rings is 8. The number of rotatable bonds is 7. The normalized spacial score (nSPS) is 11.2. The number of anilines is 3. The van der Waals surface area contributed by atoms with Crippen molar-refractivity contribution in [1.29, 1.82) is 0 Å². The zero-order chi connectivity index (χ0) is 33.3. The predicted octanol–water partition coefficient (Wildman–Crippen LogP) is 14.2. The molecule has 0 N–H and O–H groups in total. The molecule has 236 valence electrons. The average molecular weight is 656 g/mol. The molecular weight excluding hydrogens is 623 g/mol. The second-order valence-corrected chi connectivity index (χ2v) is 13.6. The highest BCUT2D eigenvalue weighted by Gasteiger charge is 2.16. The summed E-state index contributed by atoms with van der Waals surface area (Å²) in [5.74, 6) is 0. The zero-order valence-corrected chi connectivity index (χ0v) is 28.2. The second kappa shape index (κ2) is 13.0. The van der Waals surface area contributed by atoms with E-state index in [1.165, 1.54) is 64.7 Å². The second-order valence-electron chi connectivity index (χ2n) is 12.6. The first-order valence-electron chi connectivity index (χ1n) is 17.0. The quantitative estimate of drug-likeness (QED) is 0.165. The molecule has 0 unspecified atom stereocenters. The van der Waals surface area contributed by atoms with E-state index in [1.807, 2.05) is 11.3 Å². The van der Waals surface area contributed by atoms with Crippen LogP contribution in [-0.2, 0) is 0 Å². The third-order valence-electron chi connectivity index (χ3n) is 9.46. The highest BCUT2D eigenvalue weighted by atomic mass is 32.1. The molecule has 0 saturated heterocycles. The van der Waals surface area contributed by atoms with Gasteiger partial charge >= 0.3 is 0 Å². The molecule has 1 aromatic heterocycles. The molecule has 0 aliphatic carbocycles. The van der Waals surface area contributed by atoms with Gasteiger partial charge < -0.3 is 4.90 Å². The fourth-order valence-electron chi connectivity index (χ4n) is 7.00. The number of hydrogen-bond acceptors (Lipinski definition) is 2. The summed E-state index contributed by atoms with van der Waals surface area (Å²) < 4.78 is 2.64. The minimum absolute atomic E-state index is 1.11. The predicted molar refractivity (Wildman–Crippen MR) is 216 cm³/mol. The number of fused-ring (bicyclic) bond motifs is 3. The fourth-order valence-corrected chi connectivity index (χ4v) is 8.24. The summed E-state index contributed by atoms with van der Waals surface area (Å²) in [4.78, 5) is 2.38. The Balaban J connectivity index is 1.15. The Morgan fingerprint density at radius 3 is 1.46 bits per heavy atom. The third kappa shape index (κ3) is 5.66. The van der Waals surface area contributed by atoms with Crippen LogP contribution in [0.5, 0.6) is 0 Å². The first-order chi connectivity index (χ1) is 24.8. The number of thiophene rings is 1. The monoisotopic (exact) mass is 655 g/mol. The van der Waals surface area contributed by atoms with Gasteiger partial charge in [-0.25, -0.2) is 0 Å². The average Bonchev–Trinajstić information content (AvgIpc) is 3.58. The molecule has 0 radical (unpaired) electrons. The zero-order valence-electron chi connectivity index (χ0n) is 27.4. The molecule has 9 aromatic rings. The summed E-state index contributed by atoms with van der Waals surface area (Å²) in [6, 6.07) is 72.3. The van der Waals surface area contributed by atoms with Crippen LogP contribution in [0.2, 0.25) is 0 Å². The topological polar surface area (TPSA) is 3.24 Å². The Morgan fingerprint density at radius 1 is 0.300 bits per heavy atom. The van der Waals surface area contributed by atoms with E-state index in [1.54, 1.807) is 0 Å². The maximum Gasteiger partial charge on any atom is 0.0467 e. The summed E-state index contributed by atoms with van der Waals surface area (Å²) in [5, 5.41) is 2.63. The molecule has 1 nitrogen and oxygen atoms in total. The summed E-state index contributed by atoms with van der Waals surface area (Å²) >= 11 is 1.88. The van der Waals surface area contributed by atoms with Crippen molar-refractivity contribution in [3.05, 3.63) is 200 Å². The summed E-state index contributed by atoms with van der Waals surface area (Å²) in [6.07, 6.45) is 0. The molecule has 50 heavy (non-hydrogen) atoms. The maximum atomic E-state index is 2.38. The van der Waals surface area contributed by atoms with Gasteiger partial charge in [-0.3, -0.25) is 0 Å². The lowest BCUT2D eigenvalue weighted by Crippen LogP contribution is -2.10. The fraction of sp³-hybridized carbons (Fsp3) is 0. The highest BCUT2D eigenvalue weighted by Crippen LogP contribution is 2.43. The van der Waals surface area contributed by atoms with Crippen LogP contribution in [0.4, 0.5) is 17.1 Å². The first-order valence-corrected chi connectivity index (χ1v) is 17.8.